The third kappa shape index (κ3) is 4.22. The van der Waals surface area contributed by atoms with E-state index < -0.39 is 0 Å². The van der Waals surface area contributed by atoms with Crippen LogP contribution >= 0.6 is 0 Å². The van der Waals surface area contributed by atoms with Gasteiger partial charge in [-0.1, -0.05) is 18.2 Å². The smallest absolute Gasteiger partial charge is 0.224 e. The molecule has 0 atom stereocenters. The molecule has 0 bridgehead atoms. The number of hydrogen-bond acceptors (Lipinski definition) is 3. The van der Waals surface area contributed by atoms with Crippen molar-refractivity contribution in [1.29, 1.82) is 0 Å². The highest BCUT2D eigenvalue weighted by Crippen LogP contribution is 2.28. The summed E-state index contributed by atoms with van der Waals surface area (Å²) in [7, 11) is 3.17. The summed E-state index contributed by atoms with van der Waals surface area (Å²) < 4.78 is 24.2. The van der Waals surface area contributed by atoms with Crippen molar-refractivity contribution in [3.63, 3.8) is 0 Å². The maximum atomic E-state index is 13.6. The van der Waals surface area contributed by atoms with E-state index >= 15 is 0 Å². The number of methoxy groups -OCH3 is 2. The van der Waals surface area contributed by atoms with Crippen molar-refractivity contribution < 1.29 is 18.7 Å². The average Bonchev–Trinajstić information content (AvgIpc) is 2.55. The van der Waals surface area contributed by atoms with Crippen molar-refractivity contribution in [3.05, 3.63) is 58.9 Å². The lowest BCUT2D eigenvalue weighted by Crippen LogP contribution is -2.25. The molecule has 0 saturated carbocycles. The molecule has 0 aliphatic carbocycles. The number of carbonyl (C=O) groups excluding carboxylic acids is 1. The predicted molar refractivity (Wildman–Crippen MR) is 86.2 cm³/mol. The zero-order valence-electron chi connectivity index (χ0n) is 13.5. The van der Waals surface area contributed by atoms with E-state index in [0.717, 1.165) is 16.9 Å². The van der Waals surface area contributed by atoms with Gasteiger partial charge in [0.2, 0.25) is 5.91 Å². The third-order valence-corrected chi connectivity index (χ3v) is 3.58. The summed E-state index contributed by atoms with van der Waals surface area (Å²) in [4.78, 5) is 12.0. The first-order valence-corrected chi connectivity index (χ1v) is 7.26. The first-order valence-electron chi connectivity index (χ1n) is 7.26. The number of aryl methyl sites for hydroxylation is 1. The van der Waals surface area contributed by atoms with Crippen LogP contribution in [0, 0.1) is 12.7 Å². The Kier molecular flexibility index (Phi) is 5.57. The Balaban J connectivity index is 2.05. The standard InChI is InChI=1S/C18H20FNO3/c1-12-8-17(23-3)14(9-16(12)22-2)11-20-18(21)10-13-6-4-5-7-15(13)19/h4-9H,10-11H2,1-3H3,(H,20,21). The van der Waals surface area contributed by atoms with E-state index in [2.05, 4.69) is 5.32 Å². The quantitative estimate of drug-likeness (QED) is 0.891. The zero-order chi connectivity index (χ0) is 16.8. The molecule has 0 aromatic heterocycles. The normalized spacial score (nSPS) is 10.3. The van der Waals surface area contributed by atoms with Crippen molar-refractivity contribution in [2.45, 2.75) is 19.9 Å². The average molecular weight is 317 g/mol. The minimum atomic E-state index is -0.378. The summed E-state index contributed by atoms with van der Waals surface area (Å²) in [5, 5.41) is 2.78. The molecule has 0 spiro atoms. The highest BCUT2D eigenvalue weighted by molar-refractivity contribution is 5.78. The van der Waals surface area contributed by atoms with Crippen LogP contribution in [0.2, 0.25) is 0 Å². The molecule has 1 amide bonds. The van der Waals surface area contributed by atoms with Crippen LogP contribution in [-0.4, -0.2) is 20.1 Å². The minimum Gasteiger partial charge on any atom is -0.496 e. The second-order valence-electron chi connectivity index (χ2n) is 5.18. The number of nitrogens with one attached hydrogen (secondary N) is 1. The van der Waals surface area contributed by atoms with E-state index in [9.17, 15) is 9.18 Å². The molecule has 0 aliphatic rings. The molecule has 5 heteroatoms. The first-order chi connectivity index (χ1) is 11.0. The highest BCUT2D eigenvalue weighted by Gasteiger charge is 2.11. The Morgan fingerprint density at radius 1 is 1.09 bits per heavy atom. The van der Waals surface area contributed by atoms with Crippen LogP contribution in [0.4, 0.5) is 4.39 Å². The first kappa shape index (κ1) is 16.8. The Labute approximate surface area is 135 Å². The molecule has 0 saturated heterocycles. The van der Waals surface area contributed by atoms with Gasteiger partial charge in [-0.15, -0.1) is 0 Å². The van der Waals surface area contributed by atoms with E-state index in [0.29, 0.717) is 11.3 Å². The molecule has 0 fully saturated rings. The lowest BCUT2D eigenvalue weighted by atomic mass is 10.1. The number of ether oxygens (including phenoxy) is 2. The monoisotopic (exact) mass is 317 g/mol. The fourth-order valence-corrected chi connectivity index (χ4v) is 2.32. The van der Waals surface area contributed by atoms with Gasteiger partial charge in [-0.05, 0) is 36.2 Å². The van der Waals surface area contributed by atoms with Crippen molar-refractivity contribution >= 4 is 5.91 Å². The topological polar surface area (TPSA) is 47.6 Å². The predicted octanol–water partition coefficient (Wildman–Crippen LogP) is 3.01. The molecular formula is C18H20FNO3. The Morgan fingerprint density at radius 2 is 1.78 bits per heavy atom. The largest absolute Gasteiger partial charge is 0.496 e. The molecule has 4 nitrogen and oxygen atoms in total. The lowest BCUT2D eigenvalue weighted by Gasteiger charge is -2.14. The van der Waals surface area contributed by atoms with E-state index in [-0.39, 0.29) is 24.7 Å². The van der Waals surface area contributed by atoms with Gasteiger partial charge in [0, 0.05) is 12.1 Å². The highest BCUT2D eigenvalue weighted by atomic mass is 19.1. The molecule has 0 radical (unpaired) electrons. The number of hydrogen-bond donors (Lipinski definition) is 1. The fraction of sp³-hybridized carbons (Fsp3) is 0.278. The van der Waals surface area contributed by atoms with Gasteiger partial charge in [0.15, 0.2) is 0 Å². The number of amides is 1. The van der Waals surface area contributed by atoms with Crippen LogP contribution in [-0.2, 0) is 17.8 Å². The van der Waals surface area contributed by atoms with Gasteiger partial charge in [-0.3, -0.25) is 4.79 Å². The van der Waals surface area contributed by atoms with Crippen molar-refractivity contribution in [1.82, 2.24) is 5.32 Å². The maximum Gasteiger partial charge on any atom is 0.224 e. The van der Waals surface area contributed by atoms with Crippen molar-refractivity contribution in [2.75, 3.05) is 14.2 Å². The van der Waals surface area contributed by atoms with Crippen LogP contribution in [0.15, 0.2) is 36.4 Å². The van der Waals surface area contributed by atoms with Gasteiger partial charge >= 0.3 is 0 Å². The molecule has 1 N–H and O–H groups in total. The van der Waals surface area contributed by atoms with Gasteiger partial charge < -0.3 is 14.8 Å². The van der Waals surface area contributed by atoms with Gasteiger partial charge in [-0.25, -0.2) is 4.39 Å². The van der Waals surface area contributed by atoms with Crippen molar-refractivity contribution in [2.24, 2.45) is 0 Å². The van der Waals surface area contributed by atoms with Gasteiger partial charge in [0.1, 0.15) is 17.3 Å². The Morgan fingerprint density at radius 3 is 2.43 bits per heavy atom. The van der Waals surface area contributed by atoms with E-state index in [1.165, 1.54) is 6.07 Å². The zero-order valence-corrected chi connectivity index (χ0v) is 13.5. The number of rotatable bonds is 6. The molecule has 0 aliphatic heterocycles. The summed E-state index contributed by atoms with van der Waals surface area (Å²) in [5.41, 5.74) is 2.13. The van der Waals surface area contributed by atoms with Crippen molar-refractivity contribution in [3.8, 4) is 11.5 Å². The summed E-state index contributed by atoms with van der Waals surface area (Å²) in [6.45, 7) is 2.20. The second kappa shape index (κ2) is 7.63. The van der Waals surface area contributed by atoms with Gasteiger partial charge in [-0.2, -0.15) is 0 Å². The maximum absolute atomic E-state index is 13.6. The molecule has 2 rings (SSSR count). The molecule has 2 aromatic carbocycles. The third-order valence-electron chi connectivity index (χ3n) is 3.58. The van der Waals surface area contributed by atoms with Crippen LogP contribution in [0.25, 0.3) is 0 Å². The molecule has 23 heavy (non-hydrogen) atoms. The lowest BCUT2D eigenvalue weighted by molar-refractivity contribution is -0.120. The van der Waals surface area contributed by atoms with Crippen LogP contribution in [0.5, 0.6) is 11.5 Å². The number of benzene rings is 2. The van der Waals surface area contributed by atoms with Crippen LogP contribution in [0.1, 0.15) is 16.7 Å². The minimum absolute atomic E-state index is 0.00200. The van der Waals surface area contributed by atoms with E-state index in [1.807, 2.05) is 19.1 Å². The molecule has 0 heterocycles. The summed E-state index contributed by atoms with van der Waals surface area (Å²) in [6, 6.07) is 9.94. The van der Waals surface area contributed by atoms with E-state index in [1.54, 1.807) is 32.4 Å². The molecular weight excluding hydrogens is 297 g/mol. The molecule has 2 aromatic rings. The summed E-state index contributed by atoms with van der Waals surface area (Å²) in [6.07, 6.45) is -0.00200. The summed E-state index contributed by atoms with van der Waals surface area (Å²) in [5.74, 6) is 0.771. The van der Waals surface area contributed by atoms with E-state index in [4.69, 9.17) is 9.47 Å². The van der Waals surface area contributed by atoms with Crippen LogP contribution < -0.4 is 14.8 Å². The number of halogens is 1. The number of carbonyl (C=O) groups is 1. The molecule has 122 valence electrons. The van der Waals surface area contributed by atoms with Gasteiger partial charge in [0.05, 0.1) is 20.6 Å². The van der Waals surface area contributed by atoms with Crippen LogP contribution in [0.3, 0.4) is 0 Å². The fourth-order valence-electron chi connectivity index (χ4n) is 2.32. The SMILES string of the molecule is COc1cc(CNC(=O)Cc2ccccc2F)c(OC)cc1C. The Hall–Kier alpha value is -2.56. The molecule has 0 unspecified atom stereocenters. The van der Waals surface area contributed by atoms with Gasteiger partial charge in [0.25, 0.3) is 0 Å². The second-order valence-corrected chi connectivity index (χ2v) is 5.18. The Bertz CT molecular complexity index is 701. The summed E-state index contributed by atoms with van der Waals surface area (Å²) >= 11 is 0.